The van der Waals surface area contributed by atoms with Crippen molar-refractivity contribution in [2.45, 2.75) is 51.0 Å². The number of benzene rings is 1. The molecule has 1 amide bonds. The lowest BCUT2D eigenvalue weighted by Crippen LogP contribution is -2.37. The van der Waals surface area contributed by atoms with Crippen molar-refractivity contribution >= 4 is 11.9 Å². The van der Waals surface area contributed by atoms with Crippen LogP contribution >= 0.6 is 0 Å². The van der Waals surface area contributed by atoms with Crippen molar-refractivity contribution in [2.24, 2.45) is 0 Å². The van der Waals surface area contributed by atoms with Crippen molar-refractivity contribution in [3.63, 3.8) is 0 Å². The number of aliphatic carboxylic acids is 1. The first-order valence-corrected chi connectivity index (χ1v) is 8.20. The van der Waals surface area contributed by atoms with Gasteiger partial charge in [-0.15, -0.1) is 0 Å². The summed E-state index contributed by atoms with van der Waals surface area (Å²) < 4.78 is 5.17. The highest BCUT2D eigenvalue weighted by atomic mass is 16.5. The predicted octanol–water partition coefficient (Wildman–Crippen LogP) is 3.04. The van der Waals surface area contributed by atoms with E-state index < -0.39 is 5.97 Å². The third-order valence-corrected chi connectivity index (χ3v) is 4.61. The normalized spacial score (nSPS) is 18.7. The molecule has 2 unspecified atom stereocenters. The van der Waals surface area contributed by atoms with Crippen molar-refractivity contribution in [1.82, 2.24) is 4.90 Å². The van der Waals surface area contributed by atoms with E-state index in [0.29, 0.717) is 13.0 Å². The maximum atomic E-state index is 12.6. The third kappa shape index (κ3) is 4.47. The lowest BCUT2D eigenvalue weighted by molar-refractivity contribution is -0.140. The number of carboxylic acid groups (broad SMARTS) is 1. The molecule has 5 nitrogen and oxygen atoms in total. The molecule has 1 heterocycles. The van der Waals surface area contributed by atoms with E-state index in [1.54, 1.807) is 12.0 Å². The van der Waals surface area contributed by atoms with Crippen LogP contribution < -0.4 is 4.74 Å². The highest BCUT2D eigenvalue weighted by Crippen LogP contribution is 2.28. The molecule has 1 aromatic carbocycles. The molecule has 0 aliphatic carbocycles. The SMILES string of the molecule is CCC(CC(=O)N1CCCC1CC(=O)O)c1ccc(OC)cc1. The molecule has 0 bridgehead atoms. The molecule has 2 rings (SSSR count). The molecule has 0 saturated carbocycles. The van der Waals surface area contributed by atoms with E-state index in [2.05, 4.69) is 6.92 Å². The fourth-order valence-corrected chi connectivity index (χ4v) is 3.28. The number of carboxylic acids is 1. The van der Waals surface area contributed by atoms with E-state index in [-0.39, 0.29) is 24.3 Å². The Morgan fingerprint density at radius 2 is 2.04 bits per heavy atom. The maximum Gasteiger partial charge on any atom is 0.305 e. The predicted molar refractivity (Wildman–Crippen MR) is 87.6 cm³/mol. The summed E-state index contributed by atoms with van der Waals surface area (Å²) in [5.41, 5.74) is 1.12. The second kappa shape index (κ2) is 7.99. The Kier molecular flexibility index (Phi) is 6.02. The van der Waals surface area contributed by atoms with Crippen LogP contribution in [0.5, 0.6) is 5.75 Å². The minimum absolute atomic E-state index is 0.0467. The quantitative estimate of drug-likeness (QED) is 0.839. The topological polar surface area (TPSA) is 66.8 Å². The molecule has 2 atom stereocenters. The summed E-state index contributed by atoms with van der Waals surface area (Å²) in [6, 6.07) is 7.67. The second-order valence-electron chi connectivity index (χ2n) is 6.06. The first-order valence-electron chi connectivity index (χ1n) is 8.20. The Hall–Kier alpha value is -2.04. The number of hydrogen-bond donors (Lipinski definition) is 1. The Morgan fingerprint density at radius 3 is 2.61 bits per heavy atom. The molecule has 0 radical (unpaired) electrons. The third-order valence-electron chi connectivity index (χ3n) is 4.61. The van der Waals surface area contributed by atoms with Gasteiger partial charge in [0.2, 0.25) is 5.91 Å². The minimum atomic E-state index is -0.836. The van der Waals surface area contributed by atoms with Crippen molar-refractivity contribution in [2.75, 3.05) is 13.7 Å². The molecule has 23 heavy (non-hydrogen) atoms. The van der Waals surface area contributed by atoms with Gasteiger partial charge in [0.15, 0.2) is 0 Å². The molecule has 1 N–H and O–H groups in total. The van der Waals surface area contributed by atoms with Gasteiger partial charge in [0.1, 0.15) is 5.75 Å². The molecule has 0 spiro atoms. The number of carbonyl (C=O) groups is 2. The van der Waals surface area contributed by atoms with Crippen molar-refractivity contribution < 1.29 is 19.4 Å². The molecular formula is C18H25NO4. The molecule has 1 fully saturated rings. The van der Waals surface area contributed by atoms with Gasteiger partial charge in [-0.1, -0.05) is 19.1 Å². The van der Waals surface area contributed by atoms with Crippen molar-refractivity contribution in [3.05, 3.63) is 29.8 Å². The van der Waals surface area contributed by atoms with Crippen molar-refractivity contribution in [1.29, 1.82) is 0 Å². The number of likely N-dealkylation sites (tertiary alicyclic amines) is 1. The van der Waals surface area contributed by atoms with Crippen LogP contribution in [0.2, 0.25) is 0 Å². The summed E-state index contributed by atoms with van der Waals surface area (Å²) in [6.45, 7) is 2.75. The number of methoxy groups -OCH3 is 1. The molecule has 126 valence electrons. The zero-order chi connectivity index (χ0) is 16.8. The van der Waals surface area contributed by atoms with E-state index in [9.17, 15) is 9.59 Å². The smallest absolute Gasteiger partial charge is 0.305 e. The van der Waals surface area contributed by atoms with Gasteiger partial charge in [0.05, 0.1) is 13.5 Å². The Bertz CT molecular complexity index is 540. The Morgan fingerprint density at radius 1 is 1.35 bits per heavy atom. The highest BCUT2D eigenvalue weighted by molar-refractivity contribution is 5.79. The van der Waals surface area contributed by atoms with Crippen LogP contribution in [0.4, 0.5) is 0 Å². The summed E-state index contributed by atoms with van der Waals surface area (Å²) in [5.74, 6) is 0.184. The fourth-order valence-electron chi connectivity index (χ4n) is 3.28. The minimum Gasteiger partial charge on any atom is -0.497 e. The van der Waals surface area contributed by atoms with E-state index in [4.69, 9.17) is 9.84 Å². The molecule has 1 saturated heterocycles. The fraction of sp³-hybridized carbons (Fsp3) is 0.556. The lowest BCUT2D eigenvalue weighted by Gasteiger charge is -2.26. The monoisotopic (exact) mass is 319 g/mol. The van der Waals surface area contributed by atoms with Gasteiger partial charge in [-0.25, -0.2) is 0 Å². The van der Waals surface area contributed by atoms with E-state index in [0.717, 1.165) is 30.6 Å². The summed E-state index contributed by atoms with van der Waals surface area (Å²) in [4.78, 5) is 25.3. The first kappa shape index (κ1) is 17.3. The van der Waals surface area contributed by atoms with Gasteiger partial charge >= 0.3 is 5.97 Å². The number of amides is 1. The average Bonchev–Trinajstić information content (AvgIpc) is 3.00. The number of hydrogen-bond acceptors (Lipinski definition) is 3. The van der Waals surface area contributed by atoms with Gasteiger partial charge < -0.3 is 14.7 Å². The first-order chi connectivity index (χ1) is 11.0. The van der Waals surface area contributed by atoms with E-state index in [1.807, 2.05) is 24.3 Å². The van der Waals surface area contributed by atoms with Crippen LogP contribution in [0.15, 0.2) is 24.3 Å². The number of nitrogens with zero attached hydrogens (tertiary/aromatic N) is 1. The average molecular weight is 319 g/mol. The zero-order valence-corrected chi connectivity index (χ0v) is 13.8. The molecule has 1 aliphatic rings. The van der Waals surface area contributed by atoms with E-state index in [1.165, 1.54) is 0 Å². The van der Waals surface area contributed by atoms with Crippen LogP contribution in [0.1, 0.15) is 50.5 Å². The highest BCUT2D eigenvalue weighted by Gasteiger charge is 2.31. The van der Waals surface area contributed by atoms with Gasteiger partial charge in [0, 0.05) is 19.0 Å². The summed E-state index contributed by atoms with van der Waals surface area (Å²) in [6.07, 6.45) is 3.03. The second-order valence-corrected chi connectivity index (χ2v) is 6.06. The van der Waals surface area contributed by atoms with E-state index >= 15 is 0 Å². The molecule has 1 aromatic rings. The maximum absolute atomic E-state index is 12.6. The van der Waals surface area contributed by atoms with Gasteiger partial charge in [-0.05, 0) is 42.9 Å². The summed E-state index contributed by atoms with van der Waals surface area (Å²) in [5, 5.41) is 8.98. The van der Waals surface area contributed by atoms with Crippen LogP contribution in [0, 0.1) is 0 Å². The van der Waals surface area contributed by atoms with Crippen LogP contribution in [-0.4, -0.2) is 41.6 Å². The number of carbonyl (C=O) groups excluding carboxylic acids is 1. The Labute approximate surface area is 137 Å². The van der Waals surface area contributed by atoms with Crippen LogP contribution in [0.3, 0.4) is 0 Å². The van der Waals surface area contributed by atoms with Gasteiger partial charge in [0.25, 0.3) is 0 Å². The molecule has 0 aromatic heterocycles. The number of ether oxygens (including phenoxy) is 1. The van der Waals surface area contributed by atoms with Gasteiger partial charge in [-0.3, -0.25) is 9.59 Å². The van der Waals surface area contributed by atoms with Crippen LogP contribution in [0.25, 0.3) is 0 Å². The standard InChI is InChI=1S/C18H25NO4/c1-3-13(14-6-8-16(23-2)9-7-14)11-17(20)19-10-4-5-15(19)12-18(21)22/h6-9,13,15H,3-5,10-12H2,1-2H3,(H,21,22). The molecule has 1 aliphatic heterocycles. The number of rotatable bonds is 7. The van der Waals surface area contributed by atoms with Crippen LogP contribution in [-0.2, 0) is 9.59 Å². The molecule has 5 heteroatoms. The summed E-state index contributed by atoms with van der Waals surface area (Å²) >= 11 is 0. The Balaban J connectivity index is 2.02. The molecular weight excluding hydrogens is 294 g/mol. The lowest BCUT2D eigenvalue weighted by atomic mass is 9.92. The van der Waals surface area contributed by atoms with Crippen molar-refractivity contribution in [3.8, 4) is 5.75 Å². The zero-order valence-electron chi connectivity index (χ0n) is 13.8. The van der Waals surface area contributed by atoms with Gasteiger partial charge in [-0.2, -0.15) is 0 Å². The summed E-state index contributed by atoms with van der Waals surface area (Å²) in [7, 11) is 1.63. The largest absolute Gasteiger partial charge is 0.497 e.